The van der Waals surface area contributed by atoms with Crippen LogP contribution in [-0.2, 0) is 17.8 Å². The predicted octanol–water partition coefficient (Wildman–Crippen LogP) is 4.40. The lowest BCUT2D eigenvalue weighted by atomic mass is 9.88. The molecule has 1 aliphatic heterocycles. The minimum atomic E-state index is 0.0675. The van der Waals surface area contributed by atoms with Crippen LogP contribution in [0.2, 0.25) is 0 Å². The average molecular weight is 362 g/mol. The quantitative estimate of drug-likeness (QED) is 0.879. The lowest BCUT2D eigenvalue weighted by Crippen LogP contribution is -2.36. The molecule has 2 aromatic rings. The molecule has 2 amide bonds. The van der Waals surface area contributed by atoms with Crippen LogP contribution in [0.5, 0.6) is 0 Å². The summed E-state index contributed by atoms with van der Waals surface area (Å²) in [5, 5.41) is 3.10. The zero-order valence-corrected chi connectivity index (χ0v) is 15.6. The van der Waals surface area contributed by atoms with Crippen LogP contribution in [-0.4, -0.2) is 23.3 Å². The van der Waals surface area contributed by atoms with Gasteiger partial charge in [-0.1, -0.05) is 43.5 Å². The Morgan fingerprint density at radius 2 is 1.70 bits per heavy atom. The molecule has 4 rings (SSSR count). The second-order valence-electron chi connectivity index (χ2n) is 7.65. The fourth-order valence-corrected chi connectivity index (χ4v) is 4.18. The molecule has 0 radical (unpaired) electrons. The van der Waals surface area contributed by atoms with Gasteiger partial charge in [0.05, 0.1) is 0 Å². The van der Waals surface area contributed by atoms with Crippen LogP contribution >= 0.6 is 0 Å². The van der Waals surface area contributed by atoms with Crippen LogP contribution in [0.4, 0.5) is 5.69 Å². The number of fused-ring (bicyclic) bond motifs is 1. The summed E-state index contributed by atoms with van der Waals surface area (Å²) in [5.74, 6) is 0.353. The third kappa shape index (κ3) is 4.05. The first-order chi connectivity index (χ1) is 13.2. The maximum Gasteiger partial charge on any atom is 0.254 e. The van der Waals surface area contributed by atoms with Crippen molar-refractivity contribution in [1.82, 2.24) is 4.90 Å². The van der Waals surface area contributed by atoms with E-state index in [4.69, 9.17) is 0 Å². The van der Waals surface area contributed by atoms with E-state index in [1.165, 1.54) is 12.0 Å². The summed E-state index contributed by atoms with van der Waals surface area (Å²) in [5.41, 5.74) is 3.97. The Morgan fingerprint density at radius 3 is 2.48 bits per heavy atom. The summed E-state index contributed by atoms with van der Waals surface area (Å²) < 4.78 is 0. The molecule has 0 unspecified atom stereocenters. The minimum Gasteiger partial charge on any atom is -0.334 e. The van der Waals surface area contributed by atoms with Crippen LogP contribution in [0.15, 0.2) is 48.5 Å². The van der Waals surface area contributed by atoms with Gasteiger partial charge in [0.2, 0.25) is 5.91 Å². The number of hydrogen-bond acceptors (Lipinski definition) is 2. The van der Waals surface area contributed by atoms with Gasteiger partial charge in [-0.2, -0.15) is 0 Å². The first-order valence-electron chi connectivity index (χ1n) is 9.98. The van der Waals surface area contributed by atoms with E-state index in [9.17, 15) is 9.59 Å². The molecule has 0 aromatic heterocycles. The zero-order chi connectivity index (χ0) is 18.6. The number of nitrogens with zero attached hydrogens (tertiary/aromatic N) is 1. The normalized spacial score (nSPS) is 17.3. The fourth-order valence-electron chi connectivity index (χ4n) is 4.18. The van der Waals surface area contributed by atoms with Gasteiger partial charge in [-0.15, -0.1) is 0 Å². The number of amides is 2. The van der Waals surface area contributed by atoms with E-state index in [0.29, 0.717) is 6.54 Å². The fraction of sp³-hybridized carbons (Fsp3) is 0.391. The van der Waals surface area contributed by atoms with Crippen LogP contribution in [0.3, 0.4) is 0 Å². The Hall–Kier alpha value is -2.62. The number of nitrogens with one attached hydrogen (secondary N) is 1. The smallest absolute Gasteiger partial charge is 0.254 e. The molecule has 0 saturated heterocycles. The van der Waals surface area contributed by atoms with Gasteiger partial charge in [-0.3, -0.25) is 9.59 Å². The molecule has 27 heavy (non-hydrogen) atoms. The number of carbonyl (C=O) groups excluding carboxylic acids is 2. The molecule has 1 N–H and O–H groups in total. The largest absolute Gasteiger partial charge is 0.334 e. The molecule has 1 aliphatic carbocycles. The van der Waals surface area contributed by atoms with Crippen molar-refractivity contribution in [3.63, 3.8) is 0 Å². The van der Waals surface area contributed by atoms with Crippen molar-refractivity contribution < 1.29 is 9.59 Å². The molecule has 1 fully saturated rings. The van der Waals surface area contributed by atoms with Crippen molar-refractivity contribution in [3.05, 3.63) is 65.2 Å². The van der Waals surface area contributed by atoms with Gasteiger partial charge in [0.25, 0.3) is 5.91 Å². The molecular weight excluding hydrogens is 336 g/mol. The van der Waals surface area contributed by atoms with Crippen LogP contribution in [0.1, 0.15) is 53.6 Å². The van der Waals surface area contributed by atoms with Gasteiger partial charge >= 0.3 is 0 Å². The van der Waals surface area contributed by atoms with Gasteiger partial charge in [-0.05, 0) is 54.7 Å². The second kappa shape index (κ2) is 7.95. The molecule has 2 aliphatic rings. The van der Waals surface area contributed by atoms with Crippen molar-refractivity contribution >= 4 is 17.5 Å². The lowest BCUT2D eigenvalue weighted by molar-refractivity contribution is -0.120. The standard InChI is InChI=1S/C23H26N2O2/c26-22(18-7-3-1-4-8-18)24-21-12-11-17-13-14-25(16-20(17)15-21)23(27)19-9-5-2-6-10-19/h2,5-6,9-12,15,18H,1,3-4,7-8,13-14,16H2,(H,24,26). The summed E-state index contributed by atoms with van der Waals surface area (Å²) in [7, 11) is 0. The van der Waals surface area contributed by atoms with Crippen molar-refractivity contribution in [2.75, 3.05) is 11.9 Å². The maximum atomic E-state index is 12.7. The zero-order valence-electron chi connectivity index (χ0n) is 15.6. The Kier molecular flexibility index (Phi) is 5.23. The second-order valence-corrected chi connectivity index (χ2v) is 7.65. The van der Waals surface area contributed by atoms with Crippen LogP contribution in [0, 0.1) is 5.92 Å². The summed E-state index contributed by atoms with van der Waals surface area (Å²) in [4.78, 5) is 27.1. The summed E-state index contributed by atoms with van der Waals surface area (Å²) in [6.07, 6.45) is 6.39. The molecule has 2 aromatic carbocycles. The van der Waals surface area contributed by atoms with E-state index >= 15 is 0 Å². The number of carbonyl (C=O) groups is 2. The molecule has 4 nitrogen and oxygen atoms in total. The topological polar surface area (TPSA) is 49.4 Å². The van der Waals surface area contributed by atoms with Crippen LogP contribution in [0.25, 0.3) is 0 Å². The van der Waals surface area contributed by atoms with E-state index in [1.54, 1.807) is 0 Å². The third-order valence-electron chi connectivity index (χ3n) is 5.77. The Labute approximate surface area is 160 Å². The van der Waals surface area contributed by atoms with E-state index in [2.05, 4.69) is 11.4 Å². The first kappa shape index (κ1) is 17.8. The maximum absolute atomic E-state index is 12.7. The van der Waals surface area contributed by atoms with E-state index < -0.39 is 0 Å². The summed E-state index contributed by atoms with van der Waals surface area (Å²) >= 11 is 0. The lowest BCUT2D eigenvalue weighted by Gasteiger charge is -2.29. The van der Waals surface area contributed by atoms with E-state index in [1.807, 2.05) is 47.4 Å². The minimum absolute atomic E-state index is 0.0675. The molecule has 4 heteroatoms. The molecule has 140 valence electrons. The SMILES string of the molecule is O=C(Nc1ccc2c(c1)CN(C(=O)c1ccccc1)CC2)C1CCCCC1. The molecule has 0 atom stereocenters. The highest BCUT2D eigenvalue weighted by atomic mass is 16.2. The number of hydrogen-bond donors (Lipinski definition) is 1. The number of anilines is 1. The molecular formula is C23H26N2O2. The van der Waals surface area contributed by atoms with Crippen LogP contribution < -0.4 is 5.32 Å². The monoisotopic (exact) mass is 362 g/mol. The van der Waals surface area contributed by atoms with Gasteiger partial charge < -0.3 is 10.2 Å². The van der Waals surface area contributed by atoms with Gasteiger partial charge in [0.15, 0.2) is 0 Å². The van der Waals surface area contributed by atoms with E-state index in [-0.39, 0.29) is 17.7 Å². The highest BCUT2D eigenvalue weighted by Gasteiger charge is 2.24. The van der Waals surface area contributed by atoms with Crippen molar-refractivity contribution in [2.24, 2.45) is 5.92 Å². The molecule has 0 bridgehead atoms. The van der Waals surface area contributed by atoms with Gasteiger partial charge in [-0.25, -0.2) is 0 Å². The summed E-state index contributed by atoms with van der Waals surface area (Å²) in [6, 6.07) is 15.6. The van der Waals surface area contributed by atoms with Gasteiger partial charge in [0, 0.05) is 30.3 Å². The predicted molar refractivity (Wildman–Crippen MR) is 107 cm³/mol. The van der Waals surface area contributed by atoms with Crippen molar-refractivity contribution in [2.45, 2.75) is 45.1 Å². The Morgan fingerprint density at radius 1 is 0.926 bits per heavy atom. The number of rotatable bonds is 3. The van der Waals surface area contributed by atoms with Crippen molar-refractivity contribution in [3.8, 4) is 0 Å². The summed E-state index contributed by atoms with van der Waals surface area (Å²) in [6.45, 7) is 1.32. The highest BCUT2D eigenvalue weighted by Crippen LogP contribution is 2.27. The molecule has 1 saturated carbocycles. The first-order valence-corrected chi connectivity index (χ1v) is 9.98. The van der Waals surface area contributed by atoms with E-state index in [0.717, 1.165) is 55.5 Å². The van der Waals surface area contributed by atoms with Crippen molar-refractivity contribution in [1.29, 1.82) is 0 Å². The number of benzene rings is 2. The third-order valence-corrected chi connectivity index (χ3v) is 5.77. The molecule has 1 heterocycles. The average Bonchev–Trinajstić information content (AvgIpc) is 2.74. The highest BCUT2D eigenvalue weighted by molar-refractivity contribution is 5.94. The Bertz CT molecular complexity index is 826. The van der Waals surface area contributed by atoms with Gasteiger partial charge in [0.1, 0.15) is 0 Å². The molecule has 0 spiro atoms. The Balaban J connectivity index is 1.45.